The van der Waals surface area contributed by atoms with E-state index in [0.29, 0.717) is 22.4 Å². The van der Waals surface area contributed by atoms with Gasteiger partial charge in [0.25, 0.3) is 5.56 Å². The number of H-pyrrole nitrogens is 1. The van der Waals surface area contributed by atoms with E-state index in [4.69, 9.17) is 0 Å². The third-order valence-electron chi connectivity index (χ3n) is 4.48. The van der Waals surface area contributed by atoms with Crippen LogP contribution >= 0.6 is 0 Å². The molecule has 128 valence electrons. The van der Waals surface area contributed by atoms with E-state index < -0.39 is 0 Å². The summed E-state index contributed by atoms with van der Waals surface area (Å²) in [5.74, 6) is 0.336. The van der Waals surface area contributed by atoms with Crippen LogP contribution in [0.4, 0.5) is 5.69 Å². The van der Waals surface area contributed by atoms with E-state index in [0.717, 1.165) is 12.1 Å². The summed E-state index contributed by atoms with van der Waals surface area (Å²) in [6, 6.07) is 15.1. The fraction of sp³-hybridized carbons (Fsp3) is 0.250. The second-order valence-corrected chi connectivity index (χ2v) is 6.20. The molecule has 0 saturated carbocycles. The Morgan fingerprint density at radius 3 is 2.48 bits per heavy atom. The maximum Gasteiger partial charge on any atom is 0.272 e. The minimum absolute atomic E-state index is 0.102. The Hall–Kier alpha value is -2.95. The first-order valence-corrected chi connectivity index (χ1v) is 8.44. The van der Waals surface area contributed by atoms with Crippen LogP contribution in [-0.4, -0.2) is 16.1 Å². The van der Waals surface area contributed by atoms with Crippen LogP contribution < -0.4 is 10.9 Å². The van der Waals surface area contributed by atoms with Crippen LogP contribution in [0.5, 0.6) is 0 Å². The SMILES string of the molecule is CCC(C)c1ccc(NC(=O)Cc2n[nH]c(=O)c3ccccc23)cc1. The predicted octanol–water partition coefficient (Wildman–Crippen LogP) is 3.62. The maximum atomic E-state index is 12.3. The van der Waals surface area contributed by atoms with Crippen LogP contribution in [0.3, 0.4) is 0 Å². The van der Waals surface area contributed by atoms with Gasteiger partial charge < -0.3 is 5.32 Å². The zero-order valence-electron chi connectivity index (χ0n) is 14.4. The molecule has 1 heterocycles. The summed E-state index contributed by atoms with van der Waals surface area (Å²) in [5.41, 5.74) is 2.32. The Labute approximate surface area is 146 Å². The van der Waals surface area contributed by atoms with Gasteiger partial charge in [0.2, 0.25) is 5.91 Å². The molecule has 1 unspecified atom stereocenters. The number of rotatable bonds is 5. The largest absolute Gasteiger partial charge is 0.326 e. The molecule has 2 N–H and O–H groups in total. The van der Waals surface area contributed by atoms with Crippen molar-refractivity contribution in [2.75, 3.05) is 5.32 Å². The first kappa shape index (κ1) is 16.9. The highest BCUT2D eigenvalue weighted by molar-refractivity contribution is 5.95. The minimum Gasteiger partial charge on any atom is -0.326 e. The fourth-order valence-electron chi connectivity index (χ4n) is 2.79. The number of nitrogens with zero attached hydrogens (tertiary/aromatic N) is 1. The molecule has 1 atom stereocenters. The lowest BCUT2D eigenvalue weighted by Crippen LogP contribution is -2.18. The van der Waals surface area contributed by atoms with Gasteiger partial charge in [0.1, 0.15) is 0 Å². The molecule has 0 aliphatic heterocycles. The fourth-order valence-corrected chi connectivity index (χ4v) is 2.79. The molecule has 1 aromatic heterocycles. The third-order valence-corrected chi connectivity index (χ3v) is 4.48. The highest BCUT2D eigenvalue weighted by atomic mass is 16.1. The lowest BCUT2D eigenvalue weighted by atomic mass is 9.98. The van der Waals surface area contributed by atoms with Crippen LogP contribution in [-0.2, 0) is 11.2 Å². The molecule has 2 aromatic carbocycles. The third kappa shape index (κ3) is 3.76. The number of anilines is 1. The molecule has 0 radical (unpaired) electrons. The molecule has 3 rings (SSSR count). The van der Waals surface area contributed by atoms with Gasteiger partial charge in [-0.05, 0) is 36.1 Å². The van der Waals surface area contributed by atoms with E-state index >= 15 is 0 Å². The topological polar surface area (TPSA) is 74.8 Å². The summed E-state index contributed by atoms with van der Waals surface area (Å²) in [5, 5.41) is 10.6. The molecule has 0 bridgehead atoms. The maximum absolute atomic E-state index is 12.3. The number of carbonyl (C=O) groups excluding carboxylic acids is 1. The quantitative estimate of drug-likeness (QED) is 0.748. The van der Waals surface area contributed by atoms with Crippen LogP contribution in [0.25, 0.3) is 10.8 Å². The van der Waals surface area contributed by atoms with Crippen LogP contribution in [0.2, 0.25) is 0 Å². The first-order valence-electron chi connectivity index (χ1n) is 8.44. The Kier molecular flexibility index (Phi) is 4.93. The van der Waals surface area contributed by atoms with Crippen molar-refractivity contribution in [2.45, 2.75) is 32.6 Å². The molecule has 5 heteroatoms. The van der Waals surface area contributed by atoms with Crippen LogP contribution in [0.1, 0.15) is 37.4 Å². The van der Waals surface area contributed by atoms with E-state index in [2.05, 4.69) is 29.4 Å². The predicted molar refractivity (Wildman–Crippen MR) is 99.8 cm³/mol. The van der Waals surface area contributed by atoms with Crippen molar-refractivity contribution in [1.82, 2.24) is 10.2 Å². The highest BCUT2D eigenvalue weighted by Gasteiger charge is 2.11. The number of carbonyl (C=O) groups is 1. The minimum atomic E-state index is -0.250. The Bertz CT molecular complexity index is 945. The molecule has 3 aromatic rings. The first-order chi connectivity index (χ1) is 12.1. The van der Waals surface area contributed by atoms with Gasteiger partial charge in [-0.1, -0.05) is 44.2 Å². The zero-order chi connectivity index (χ0) is 17.8. The number of aromatic amines is 1. The van der Waals surface area contributed by atoms with E-state index in [1.54, 1.807) is 18.2 Å². The van der Waals surface area contributed by atoms with E-state index in [1.165, 1.54) is 5.56 Å². The summed E-state index contributed by atoms with van der Waals surface area (Å²) in [6.45, 7) is 4.34. The molecule has 5 nitrogen and oxygen atoms in total. The van der Waals surface area contributed by atoms with Gasteiger partial charge >= 0.3 is 0 Å². The molecule has 0 saturated heterocycles. The van der Waals surface area contributed by atoms with Gasteiger partial charge in [-0.3, -0.25) is 9.59 Å². The van der Waals surface area contributed by atoms with Gasteiger partial charge in [0.05, 0.1) is 17.5 Å². The van der Waals surface area contributed by atoms with Crippen LogP contribution in [0.15, 0.2) is 53.3 Å². The smallest absolute Gasteiger partial charge is 0.272 e. The van der Waals surface area contributed by atoms with Gasteiger partial charge in [0.15, 0.2) is 0 Å². The normalized spacial score (nSPS) is 12.1. The Balaban J connectivity index is 1.75. The average molecular weight is 335 g/mol. The molecule has 25 heavy (non-hydrogen) atoms. The number of aromatic nitrogens is 2. The van der Waals surface area contributed by atoms with E-state index in [-0.39, 0.29) is 17.9 Å². The highest BCUT2D eigenvalue weighted by Crippen LogP contribution is 2.20. The van der Waals surface area contributed by atoms with Crippen molar-refractivity contribution in [1.29, 1.82) is 0 Å². The number of hydrogen-bond donors (Lipinski definition) is 2. The summed E-state index contributed by atoms with van der Waals surface area (Å²) in [4.78, 5) is 24.1. The van der Waals surface area contributed by atoms with Crippen molar-refractivity contribution in [2.24, 2.45) is 0 Å². The van der Waals surface area contributed by atoms with Crippen molar-refractivity contribution < 1.29 is 4.79 Å². The summed E-state index contributed by atoms with van der Waals surface area (Å²) in [7, 11) is 0. The second kappa shape index (κ2) is 7.30. The summed E-state index contributed by atoms with van der Waals surface area (Å²) < 4.78 is 0. The van der Waals surface area contributed by atoms with Gasteiger partial charge in [-0.15, -0.1) is 0 Å². The molecule has 1 amide bonds. The van der Waals surface area contributed by atoms with E-state index in [1.807, 2.05) is 30.3 Å². The monoisotopic (exact) mass is 335 g/mol. The van der Waals surface area contributed by atoms with Crippen molar-refractivity contribution in [3.05, 3.63) is 70.1 Å². The molecule has 0 aliphatic carbocycles. The number of nitrogens with one attached hydrogen (secondary N) is 2. The van der Waals surface area contributed by atoms with E-state index in [9.17, 15) is 9.59 Å². The Morgan fingerprint density at radius 2 is 1.80 bits per heavy atom. The van der Waals surface area contributed by atoms with Crippen LogP contribution in [0, 0.1) is 0 Å². The lowest BCUT2D eigenvalue weighted by molar-refractivity contribution is -0.115. The summed E-state index contributed by atoms with van der Waals surface area (Å²) in [6.07, 6.45) is 1.18. The number of hydrogen-bond acceptors (Lipinski definition) is 3. The van der Waals surface area contributed by atoms with Gasteiger partial charge in [0, 0.05) is 11.1 Å². The lowest BCUT2D eigenvalue weighted by Gasteiger charge is -2.11. The molecule has 0 spiro atoms. The van der Waals surface area contributed by atoms with Crippen molar-refractivity contribution in [3.8, 4) is 0 Å². The van der Waals surface area contributed by atoms with Crippen molar-refractivity contribution >= 4 is 22.4 Å². The molecule has 0 aliphatic rings. The second-order valence-electron chi connectivity index (χ2n) is 6.20. The summed E-state index contributed by atoms with van der Waals surface area (Å²) >= 11 is 0. The number of benzene rings is 2. The number of amides is 1. The molecular weight excluding hydrogens is 314 g/mol. The average Bonchev–Trinajstić information content (AvgIpc) is 2.64. The van der Waals surface area contributed by atoms with Gasteiger partial charge in [-0.25, -0.2) is 5.10 Å². The Morgan fingerprint density at radius 1 is 1.12 bits per heavy atom. The molecule has 0 fully saturated rings. The molecular formula is C20H21N3O2. The number of fused-ring (bicyclic) bond motifs is 1. The van der Waals surface area contributed by atoms with Gasteiger partial charge in [-0.2, -0.15) is 5.10 Å². The van der Waals surface area contributed by atoms with Crippen molar-refractivity contribution in [3.63, 3.8) is 0 Å². The zero-order valence-corrected chi connectivity index (χ0v) is 14.4. The standard InChI is InChI=1S/C20H21N3O2/c1-3-13(2)14-8-10-15(11-9-14)21-19(24)12-18-16-6-4-5-7-17(16)20(25)23-22-18/h4-11,13H,3,12H2,1-2H3,(H,21,24)(H,23,25).